The lowest BCUT2D eigenvalue weighted by molar-refractivity contribution is -0.189. The van der Waals surface area contributed by atoms with Gasteiger partial charge in [-0.1, -0.05) is 49.6 Å². The van der Waals surface area contributed by atoms with E-state index < -0.39 is 35.7 Å². The summed E-state index contributed by atoms with van der Waals surface area (Å²) in [5.41, 5.74) is -0.817. The van der Waals surface area contributed by atoms with Crippen LogP contribution >= 0.6 is 0 Å². The lowest BCUT2D eigenvalue weighted by atomic mass is 9.75. The minimum absolute atomic E-state index is 0.0380. The normalized spacial score (nSPS) is 27.5. The molecule has 0 aromatic heterocycles. The quantitative estimate of drug-likeness (QED) is 0.299. The Morgan fingerprint density at radius 2 is 1.37 bits per heavy atom. The van der Waals surface area contributed by atoms with Crippen LogP contribution in [0.2, 0.25) is 0 Å². The fraction of sp³-hybridized carbons (Fsp3) is 0.640. The number of nitrogens with one attached hydrogen (secondary N) is 1. The Balaban J connectivity index is 0.000000292. The standard InChI is InChI=1S/C21H29NO3.C4H6O6/c23-20(25-19-15-7-6-8-16(19)14-22-13-15)21(24,18-11-4-5-12-18)17-9-2-1-3-10-17;5-1(3(7)8)2(6)4(9)10/h1-3,9-10,15-16,18-19,22,24H,4-8,11-14H2;1-2,5-6H,(H,7,8)(H,9,10)/t15?,16?,19?,21-;/m0./s1. The first-order chi connectivity index (χ1) is 16.7. The Kier molecular flexibility index (Phi) is 9.23. The van der Waals surface area contributed by atoms with Gasteiger partial charge in [0.15, 0.2) is 17.8 Å². The molecule has 10 heteroatoms. The summed E-state index contributed by atoms with van der Waals surface area (Å²) in [7, 11) is 0. The monoisotopic (exact) mass is 493 g/mol. The van der Waals surface area contributed by atoms with Crippen molar-refractivity contribution in [2.75, 3.05) is 13.1 Å². The van der Waals surface area contributed by atoms with Crippen molar-refractivity contribution in [3.8, 4) is 0 Å². The maximum atomic E-state index is 13.3. The van der Waals surface area contributed by atoms with Crippen LogP contribution in [-0.4, -0.2) is 74.8 Å². The van der Waals surface area contributed by atoms with Gasteiger partial charge in [-0.05, 0) is 31.2 Å². The van der Waals surface area contributed by atoms with Crippen LogP contribution in [0.25, 0.3) is 0 Å². The molecule has 3 fully saturated rings. The van der Waals surface area contributed by atoms with Crippen LogP contribution in [0, 0.1) is 17.8 Å². The number of rotatable bonds is 7. The highest BCUT2D eigenvalue weighted by molar-refractivity contribution is 5.83. The molecule has 1 heterocycles. The highest BCUT2D eigenvalue weighted by Crippen LogP contribution is 2.43. The molecule has 10 nitrogen and oxygen atoms in total. The summed E-state index contributed by atoms with van der Waals surface area (Å²) in [5, 5.41) is 47.5. The number of fused-ring (bicyclic) bond motifs is 2. The first-order valence-corrected chi connectivity index (χ1v) is 12.2. The number of carboxylic acid groups (broad SMARTS) is 2. The van der Waals surface area contributed by atoms with Crippen LogP contribution in [0.3, 0.4) is 0 Å². The molecular weight excluding hydrogens is 458 g/mol. The van der Waals surface area contributed by atoms with Gasteiger partial charge in [0.05, 0.1) is 0 Å². The second-order valence-corrected chi connectivity index (χ2v) is 9.66. The van der Waals surface area contributed by atoms with Crippen molar-refractivity contribution in [2.24, 2.45) is 17.8 Å². The van der Waals surface area contributed by atoms with E-state index in [4.69, 9.17) is 25.2 Å². The molecule has 0 spiro atoms. The third kappa shape index (κ3) is 6.19. The van der Waals surface area contributed by atoms with Crippen LogP contribution < -0.4 is 5.32 Å². The van der Waals surface area contributed by atoms with Crippen molar-refractivity contribution in [3.05, 3.63) is 35.9 Å². The van der Waals surface area contributed by atoms with Gasteiger partial charge in [-0.25, -0.2) is 14.4 Å². The number of benzene rings is 1. The minimum atomic E-state index is -2.27. The Bertz CT molecular complexity index is 833. The maximum absolute atomic E-state index is 13.3. The number of carboxylic acids is 2. The fourth-order valence-corrected chi connectivity index (χ4v) is 5.48. The van der Waals surface area contributed by atoms with Gasteiger partial charge in [-0.15, -0.1) is 0 Å². The number of ether oxygens (including phenoxy) is 1. The SMILES string of the molecule is O=C(O)C(O)C(O)C(=O)O.O=C(OC1C2CCCC1CNC2)[C@](O)(c1ccccc1)C1CCCC1. The molecule has 6 N–H and O–H groups in total. The Hall–Kier alpha value is -2.53. The molecule has 1 aliphatic heterocycles. The minimum Gasteiger partial charge on any atom is -0.479 e. The lowest BCUT2D eigenvalue weighted by Gasteiger charge is -2.43. The van der Waals surface area contributed by atoms with Crippen molar-refractivity contribution >= 4 is 17.9 Å². The molecule has 35 heavy (non-hydrogen) atoms. The average molecular weight is 494 g/mol. The predicted molar refractivity (Wildman–Crippen MR) is 123 cm³/mol. The number of aliphatic hydroxyl groups excluding tert-OH is 2. The van der Waals surface area contributed by atoms with Crippen molar-refractivity contribution in [1.29, 1.82) is 0 Å². The molecule has 2 aliphatic carbocycles. The number of aliphatic hydroxyl groups is 3. The molecule has 1 saturated heterocycles. The smallest absolute Gasteiger partial charge is 0.343 e. The van der Waals surface area contributed by atoms with Gasteiger partial charge < -0.3 is 35.6 Å². The second-order valence-electron chi connectivity index (χ2n) is 9.66. The third-order valence-electron chi connectivity index (χ3n) is 7.41. The summed E-state index contributed by atoms with van der Waals surface area (Å²) in [6.07, 6.45) is 2.78. The summed E-state index contributed by atoms with van der Waals surface area (Å²) >= 11 is 0. The van der Waals surface area contributed by atoms with Crippen LogP contribution in [0.1, 0.15) is 50.5 Å². The number of piperidine rings is 1. The molecule has 1 aromatic rings. The molecule has 0 radical (unpaired) electrons. The van der Waals surface area contributed by atoms with Gasteiger partial charge in [0.2, 0.25) is 0 Å². The molecule has 2 saturated carbocycles. The molecular formula is C25H35NO9. The zero-order chi connectivity index (χ0) is 25.6. The molecule has 194 valence electrons. The molecule has 0 amide bonds. The van der Waals surface area contributed by atoms with Crippen LogP contribution in [0.15, 0.2) is 30.3 Å². The topological polar surface area (TPSA) is 174 Å². The van der Waals surface area contributed by atoms with E-state index >= 15 is 0 Å². The van der Waals surface area contributed by atoms with Gasteiger partial charge in [-0.3, -0.25) is 0 Å². The first kappa shape index (κ1) is 27.1. The Morgan fingerprint density at radius 1 is 0.857 bits per heavy atom. The van der Waals surface area contributed by atoms with Crippen molar-refractivity contribution < 1.29 is 44.7 Å². The average Bonchev–Trinajstić information content (AvgIpc) is 3.39. The van der Waals surface area contributed by atoms with Gasteiger partial charge >= 0.3 is 17.9 Å². The number of carbonyl (C=O) groups is 3. The van der Waals surface area contributed by atoms with E-state index in [1.807, 2.05) is 30.3 Å². The summed E-state index contributed by atoms with van der Waals surface area (Å²) < 4.78 is 6.06. The zero-order valence-corrected chi connectivity index (χ0v) is 19.6. The zero-order valence-electron chi connectivity index (χ0n) is 19.6. The third-order valence-corrected chi connectivity index (χ3v) is 7.41. The number of esters is 1. The van der Waals surface area contributed by atoms with Crippen LogP contribution in [0.5, 0.6) is 0 Å². The van der Waals surface area contributed by atoms with E-state index in [2.05, 4.69) is 5.32 Å². The molecule has 4 rings (SSSR count). The van der Waals surface area contributed by atoms with E-state index in [1.54, 1.807) is 0 Å². The summed E-state index contributed by atoms with van der Waals surface area (Å²) in [6, 6.07) is 9.43. The molecule has 2 bridgehead atoms. The van der Waals surface area contributed by atoms with E-state index in [1.165, 1.54) is 6.42 Å². The van der Waals surface area contributed by atoms with Crippen LogP contribution in [0.4, 0.5) is 0 Å². The van der Waals surface area contributed by atoms with Crippen molar-refractivity contribution in [1.82, 2.24) is 5.32 Å². The Labute approximate surface area is 203 Å². The van der Waals surface area contributed by atoms with Gasteiger partial charge in [0.1, 0.15) is 6.10 Å². The Morgan fingerprint density at radius 3 is 1.86 bits per heavy atom. The fourth-order valence-electron chi connectivity index (χ4n) is 5.48. The highest BCUT2D eigenvalue weighted by Gasteiger charge is 2.50. The van der Waals surface area contributed by atoms with E-state index in [9.17, 15) is 19.5 Å². The summed E-state index contributed by atoms with van der Waals surface area (Å²) in [5.74, 6) is -3.22. The van der Waals surface area contributed by atoms with Crippen molar-refractivity contribution in [2.45, 2.75) is 68.9 Å². The maximum Gasteiger partial charge on any atom is 0.343 e. The predicted octanol–water partition coefficient (Wildman–Crippen LogP) is 0.873. The largest absolute Gasteiger partial charge is 0.479 e. The van der Waals surface area contributed by atoms with Crippen LogP contribution in [-0.2, 0) is 24.7 Å². The number of aliphatic carboxylic acids is 2. The number of hydrogen-bond donors (Lipinski definition) is 6. The van der Waals surface area contributed by atoms with Crippen molar-refractivity contribution in [3.63, 3.8) is 0 Å². The van der Waals surface area contributed by atoms with E-state index in [-0.39, 0.29) is 12.0 Å². The summed E-state index contributed by atoms with van der Waals surface area (Å²) in [6.45, 7) is 1.84. The van der Waals surface area contributed by atoms with Gasteiger partial charge in [-0.2, -0.15) is 0 Å². The van der Waals surface area contributed by atoms with E-state index in [0.29, 0.717) is 17.4 Å². The molecule has 4 unspecified atom stereocenters. The molecule has 5 atom stereocenters. The van der Waals surface area contributed by atoms with Gasteiger partial charge in [0, 0.05) is 30.8 Å². The second kappa shape index (κ2) is 11.9. The first-order valence-electron chi connectivity index (χ1n) is 12.2. The molecule has 1 aromatic carbocycles. The van der Waals surface area contributed by atoms with E-state index in [0.717, 1.165) is 51.6 Å². The number of hydrogen-bond acceptors (Lipinski definition) is 8. The molecule has 3 aliphatic rings. The van der Waals surface area contributed by atoms with Gasteiger partial charge in [0.25, 0.3) is 0 Å². The number of carbonyl (C=O) groups excluding carboxylic acids is 1. The highest BCUT2D eigenvalue weighted by atomic mass is 16.6. The summed E-state index contributed by atoms with van der Waals surface area (Å²) in [4.78, 5) is 32.8. The lowest BCUT2D eigenvalue weighted by Crippen LogP contribution is -2.54.